The Hall–Kier alpha value is -2.13. The average molecular weight is 414 g/mol. The van der Waals surface area contributed by atoms with Crippen LogP contribution in [-0.4, -0.2) is 50.6 Å². The van der Waals surface area contributed by atoms with Gasteiger partial charge in [0.2, 0.25) is 12.1 Å². The molecule has 0 spiro atoms. The summed E-state index contributed by atoms with van der Waals surface area (Å²) in [6, 6.07) is -2.36. The number of allylic oxidation sites excluding steroid dienone is 1. The van der Waals surface area contributed by atoms with E-state index in [4.69, 9.17) is 0 Å². The molecule has 0 bridgehead atoms. The molecule has 0 amide bonds. The van der Waals surface area contributed by atoms with Crippen molar-refractivity contribution in [2.75, 3.05) is 0 Å². The number of unbranched alkanes of at least 4 members (excludes halogenated alkanes) is 4. The molecule has 0 aliphatic heterocycles. The average Bonchev–Trinajstić information content (AvgIpc) is 2.66. The molecule has 0 rings (SSSR count). The van der Waals surface area contributed by atoms with Crippen molar-refractivity contribution in [3.05, 3.63) is 44.5 Å². The lowest BCUT2D eigenvalue weighted by atomic mass is 10.0. The molecule has 4 atom stereocenters. The van der Waals surface area contributed by atoms with E-state index in [1.54, 1.807) is 12.2 Å². The summed E-state index contributed by atoms with van der Waals surface area (Å²) in [5.41, 5.74) is 0. The zero-order valence-corrected chi connectivity index (χ0v) is 17.1. The first-order valence-electron chi connectivity index (χ1n) is 10.2. The van der Waals surface area contributed by atoms with Crippen molar-refractivity contribution >= 4 is 6.29 Å². The number of aldehydes is 1. The van der Waals surface area contributed by atoms with Crippen LogP contribution in [0.5, 0.6) is 0 Å². The van der Waals surface area contributed by atoms with Gasteiger partial charge in [-0.1, -0.05) is 50.5 Å². The van der Waals surface area contributed by atoms with Crippen LogP contribution in [0.1, 0.15) is 71.1 Å². The van der Waals surface area contributed by atoms with Gasteiger partial charge < -0.3 is 15.0 Å². The molecule has 0 aliphatic rings. The van der Waals surface area contributed by atoms with Crippen LogP contribution in [0.3, 0.4) is 0 Å². The predicted molar refractivity (Wildman–Crippen MR) is 110 cm³/mol. The summed E-state index contributed by atoms with van der Waals surface area (Å²) in [6.45, 7) is 2.00. The largest absolute Gasteiger partial charge is 0.386 e. The van der Waals surface area contributed by atoms with E-state index in [0.717, 1.165) is 19.1 Å². The maximum Gasteiger partial charge on any atom is 0.242 e. The highest BCUT2D eigenvalue weighted by atomic mass is 16.6. The predicted octanol–water partition coefficient (Wildman–Crippen LogP) is 3.23. The smallest absolute Gasteiger partial charge is 0.242 e. The van der Waals surface area contributed by atoms with Crippen LogP contribution in [0.25, 0.3) is 0 Å². The lowest BCUT2D eigenvalue weighted by Gasteiger charge is -2.15. The number of aliphatic hydroxyl groups is 2. The van der Waals surface area contributed by atoms with E-state index in [0.29, 0.717) is 32.1 Å². The fraction of sp³-hybridized carbons (Fsp3) is 0.750. The second kappa shape index (κ2) is 16.8. The zero-order valence-electron chi connectivity index (χ0n) is 17.1. The molecular weight excluding hydrogens is 380 g/mol. The zero-order chi connectivity index (χ0) is 22.1. The standard InChI is InChI=1S/C20H34N2O7/c1-2-3-7-14-19(24)17(21(26)27)12-9-10-13-18(22(28)29)20(25)15-8-5-4-6-11-16-23/h5,8-10,16-20,24-25H,2-4,6-7,11-15H2,1H3/b8-5-,10-9-. The van der Waals surface area contributed by atoms with Gasteiger partial charge in [0.25, 0.3) is 0 Å². The molecule has 29 heavy (non-hydrogen) atoms. The molecule has 0 saturated carbocycles. The van der Waals surface area contributed by atoms with Crippen LogP contribution < -0.4 is 0 Å². The van der Waals surface area contributed by atoms with E-state index in [-0.39, 0.29) is 19.3 Å². The third-order valence-electron chi connectivity index (χ3n) is 4.69. The summed E-state index contributed by atoms with van der Waals surface area (Å²) in [4.78, 5) is 31.5. The normalized spacial score (nSPS) is 16.0. The third-order valence-corrected chi connectivity index (χ3v) is 4.69. The van der Waals surface area contributed by atoms with Crippen LogP contribution >= 0.6 is 0 Å². The number of carbonyl (C=O) groups excluding carboxylic acids is 1. The Morgan fingerprint density at radius 1 is 0.793 bits per heavy atom. The Morgan fingerprint density at radius 2 is 1.34 bits per heavy atom. The monoisotopic (exact) mass is 414 g/mol. The molecule has 9 nitrogen and oxygen atoms in total. The Balaban J connectivity index is 4.56. The van der Waals surface area contributed by atoms with Crippen LogP contribution in [0.4, 0.5) is 0 Å². The van der Waals surface area contributed by atoms with Gasteiger partial charge >= 0.3 is 0 Å². The fourth-order valence-electron chi connectivity index (χ4n) is 2.86. The minimum Gasteiger partial charge on any atom is -0.386 e. The fourth-order valence-corrected chi connectivity index (χ4v) is 2.86. The van der Waals surface area contributed by atoms with Gasteiger partial charge in [-0.3, -0.25) is 20.2 Å². The van der Waals surface area contributed by atoms with Crippen molar-refractivity contribution in [1.29, 1.82) is 0 Å². The number of hydrogen-bond donors (Lipinski definition) is 2. The van der Waals surface area contributed by atoms with Gasteiger partial charge in [-0.25, -0.2) is 0 Å². The van der Waals surface area contributed by atoms with Crippen LogP contribution in [0, 0.1) is 20.2 Å². The maximum absolute atomic E-state index is 11.2. The summed E-state index contributed by atoms with van der Waals surface area (Å²) in [5, 5.41) is 42.4. The van der Waals surface area contributed by atoms with Crippen molar-refractivity contribution in [1.82, 2.24) is 0 Å². The second-order valence-corrected chi connectivity index (χ2v) is 7.08. The molecule has 0 radical (unpaired) electrons. The van der Waals surface area contributed by atoms with Crippen molar-refractivity contribution in [3.63, 3.8) is 0 Å². The van der Waals surface area contributed by atoms with Crippen molar-refractivity contribution in [2.24, 2.45) is 0 Å². The van der Waals surface area contributed by atoms with Crippen molar-refractivity contribution in [2.45, 2.75) is 95.4 Å². The Labute approximate surface area is 171 Å². The Kier molecular flexibility index (Phi) is 15.6. The highest BCUT2D eigenvalue weighted by Gasteiger charge is 2.29. The molecule has 0 aliphatic carbocycles. The lowest BCUT2D eigenvalue weighted by molar-refractivity contribution is -0.534. The van der Waals surface area contributed by atoms with Crippen molar-refractivity contribution in [3.8, 4) is 0 Å². The summed E-state index contributed by atoms with van der Waals surface area (Å²) >= 11 is 0. The minimum atomic E-state index is -1.21. The van der Waals surface area contributed by atoms with Gasteiger partial charge in [-0.15, -0.1) is 0 Å². The van der Waals surface area contributed by atoms with Crippen LogP contribution in [0.2, 0.25) is 0 Å². The Morgan fingerprint density at radius 3 is 1.86 bits per heavy atom. The lowest BCUT2D eigenvalue weighted by Crippen LogP contribution is -2.33. The molecule has 2 N–H and O–H groups in total. The molecular formula is C20H34N2O7. The number of carbonyl (C=O) groups is 1. The number of nitro groups is 2. The van der Waals surface area contributed by atoms with Gasteiger partial charge in [-0.2, -0.15) is 0 Å². The second-order valence-electron chi connectivity index (χ2n) is 7.08. The number of nitrogens with zero attached hydrogens (tertiary/aromatic N) is 2. The molecule has 0 aromatic rings. The maximum atomic E-state index is 11.2. The highest BCUT2D eigenvalue weighted by Crippen LogP contribution is 2.14. The van der Waals surface area contributed by atoms with Gasteiger partial charge in [-0.05, 0) is 25.7 Å². The van der Waals surface area contributed by atoms with E-state index in [1.165, 1.54) is 12.2 Å². The molecule has 0 aromatic heterocycles. The van der Waals surface area contributed by atoms with Gasteiger partial charge in [0.05, 0.1) is 0 Å². The first kappa shape index (κ1) is 26.9. The first-order valence-corrected chi connectivity index (χ1v) is 10.2. The molecule has 0 saturated heterocycles. The minimum absolute atomic E-state index is 0.0164. The molecule has 0 heterocycles. The number of hydrogen-bond acceptors (Lipinski definition) is 7. The summed E-state index contributed by atoms with van der Waals surface area (Å²) < 4.78 is 0. The van der Waals surface area contributed by atoms with E-state index >= 15 is 0 Å². The summed E-state index contributed by atoms with van der Waals surface area (Å²) in [6.07, 6.45) is 9.73. The van der Waals surface area contributed by atoms with Gasteiger partial charge in [0.15, 0.2) is 0 Å². The summed E-state index contributed by atoms with van der Waals surface area (Å²) in [7, 11) is 0. The van der Waals surface area contributed by atoms with Gasteiger partial charge in [0, 0.05) is 29.1 Å². The van der Waals surface area contributed by atoms with Crippen LogP contribution in [-0.2, 0) is 4.79 Å². The molecule has 0 aromatic carbocycles. The van der Waals surface area contributed by atoms with E-state index < -0.39 is 34.1 Å². The molecule has 0 fully saturated rings. The molecule has 4 unspecified atom stereocenters. The van der Waals surface area contributed by atoms with Crippen LogP contribution in [0.15, 0.2) is 24.3 Å². The quantitative estimate of drug-likeness (QED) is 0.115. The van der Waals surface area contributed by atoms with E-state index in [9.17, 15) is 35.2 Å². The highest BCUT2D eigenvalue weighted by molar-refractivity contribution is 5.49. The Bertz CT molecular complexity index is 537. The first-order chi connectivity index (χ1) is 13.8. The van der Waals surface area contributed by atoms with Gasteiger partial charge in [0.1, 0.15) is 18.5 Å². The topological polar surface area (TPSA) is 144 Å². The molecule has 166 valence electrons. The number of rotatable bonds is 18. The third kappa shape index (κ3) is 12.8. The van der Waals surface area contributed by atoms with Crippen molar-refractivity contribution < 1.29 is 24.9 Å². The van der Waals surface area contributed by atoms with E-state index in [2.05, 4.69) is 0 Å². The molecule has 9 heteroatoms. The van der Waals surface area contributed by atoms with E-state index in [1.807, 2.05) is 6.92 Å². The number of aliphatic hydroxyl groups excluding tert-OH is 2. The SMILES string of the molecule is CCCCCC(O)C(C/C=C\CC(C(O)C/C=C\CCCC=O)[N+](=O)[O-])[N+](=O)[O-]. The summed E-state index contributed by atoms with van der Waals surface area (Å²) in [5.74, 6) is 0.